The van der Waals surface area contributed by atoms with Crippen LogP contribution in [-0.4, -0.2) is 97.2 Å². The lowest BCUT2D eigenvalue weighted by molar-refractivity contribution is -0.235. The van der Waals surface area contributed by atoms with Crippen molar-refractivity contribution < 1.29 is 64.6 Å². The topological polar surface area (TPSA) is 309 Å². The molecule has 0 radical (unpaired) electrons. The lowest BCUT2D eigenvalue weighted by Gasteiger charge is -2.30. The molecule has 0 aliphatic carbocycles. The number of H-pyrrole nitrogens is 1. The molecule has 3 aliphatic rings. The molecular formula is C24H32F2N8O14P2S. The second-order valence-corrected chi connectivity index (χ2v) is 16.4. The Balaban J connectivity index is 0.00000504. The van der Waals surface area contributed by atoms with E-state index >= 15 is 8.78 Å². The van der Waals surface area contributed by atoms with E-state index in [4.69, 9.17) is 42.8 Å². The number of hydrogen-bond acceptors (Lipinski definition) is 19. The van der Waals surface area contributed by atoms with Crippen molar-refractivity contribution in [2.45, 2.75) is 69.2 Å². The van der Waals surface area contributed by atoms with Gasteiger partial charge in [0.15, 0.2) is 42.2 Å². The molecule has 2 unspecified atom stereocenters. The average molecular weight is 789 g/mol. The molecule has 3 aliphatic heterocycles. The van der Waals surface area contributed by atoms with E-state index in [0.29, 0.717) is 4.57 Å². The normalized spacial score (nSPS) is 34.2. The number of nitrogens with one attached hydrogen (secondary N) is 1. The number of rotatable bonds is 6. The smallest absolute Gasteiger partial charge is 0.509 e. The lowest BCUT2D eigenvalue weighted by atomic mass is 10.1. The molecule has 2 bridgehead atoms. The van der Waals surface area contributed by atoms with Gasteiger partial charge in [-0.05, 0) is 13.8 Å². The summed E-state index contributed by atoms with van der Waals surface area (Å²) < 4.78 is 103. The minimum absolute atomic E-state index is 0. The van der Waals surface area contributed by atoms with E-state index in [-0.39, 0.29) is 34.5 Å². The number of phosphoric acid groups is 1. The third kappa shape index (κ3) is 8.33. The van der Waals surface area contributed by atoms with Gasteiger partial charge in [0.2, 0.25) is 0 Å². The predicted molar refractivity (Wildman–Crippen MR) is 167 cm³/mol. The number of imidazole rings is 1. The van der Waals surface area contributed by atoms with E-state index in [1.165, 1.54) is 0 Å². The number of fused-ring (bicyclic) bond motifs is 4. The Bertz CT molecular complexity index is 1950. The van der Waals surface area contributed by atoms with E-state index in [1.54, 1.807) is 13.8 Å². The lowest BCUT2D eigenvalue weighted by Crippen LogP contribution is -2.37. The Hall–Kier alpha value is -3.35. The van der Waals surface area contributed by atoms with Crippen molar-refractivity contribution >= 4 is 49.1 Å². The van der Waals surface area contributed by atoms with Gasteiger partial charge in [-0.2, -0.15) is 0 Å². The maximum atomic E-state index is 16.1. The number of ether oxygens (including phenoxy) is 4. The molecule has 3 aromatic rings. The Morgan fingerprint density at radius 1 is 1.08 bits per heavy atom. The zero-order valence-corrected chi connectivity index (χ0v) is 29.3. The van der Waals surface area contributed by atoms with Crippen LogP contribution in [0.1, 0.15) is 26.3 Å². The fourth-order valence-corrected chi connectivity index (χ4v) is 8.84. The highest BCUT2D eigenvalue weighted by molar-refractivity contribution is 8.55. The maximum absolute atomic E-state index is 16.1. The summed E-state index contributed by atoms with van der Waals surface area (Å²) >= 11 is 0.228. The number of nitrogen functional groups attached to an aromatic ring is 1. The Kier molecular flexibility index (Phi) is 11.7. The number of aromatic nitrogens is 6. The van der Waals surface area contributed by atoms with Crippen LogP contribution in [0.3, 0.4) is 0 Å². The van der Waals surface area contributed by atoms with Crippen LogP contribution in [0.4, 0.5) is 19.4 Å². The van der Waals surface area contributed by atoms with Crippen molar-refractivity contribution in [2.75, 3.05) is 24.9 Å². The van der Waals surface area contributed by atoms with Gasteiger partial charge in [-0.15, -0.1) is 0 Å². The number of carbonyl (C=O) groups is 1. The number of nitrogens with two attached hydrogens (primary N) is 1. The molecule has 7 N–H and O–H groups in total. The zero-order chi connectivity index (χ0) is 36.0. The molecule has 3 fully saturated rings. The van der Waals surface area contributed by atoms with Gasteiger partial charge in [0, 0.05) is 23.6 Å². The number of nitrogens with zero attached hydrogens (tertiary/aromatic N) is 5. The first kappa shape index (κ1) is 38.9. The van der Waals surface area contributed by atoms with Crippen molar-refractivity contribution in [3.63, 3.8) is 0 Å². The van der Waals surface area contributed by atoms with Crippen molar-refractivity contribution in [2.24, 2.45) is 0 Å². The van der Waals surface area contributed by atoms with Crippen LogP contribution in [0.25, 0.3) is 11.2 Å². The van der Waals surface area contributed by atoms with Crippen LogP contribution in [0.2, 0.25) is 0 Å². The highest BCUT2D eigenvalue weighted by Gasteiger charge is 2.54. The van der Waals surface area contributed by atoms with Gasteiger partial charge in [0.1, 0.15) is 36.3 Å². The highest BCUT2D eigenvalue weighted by atomic mass is 32.7. The molecule has 0 spiro atoms. The monoisotopic (exact) mass is 788 g/mol. The number of anilines is 1. The van der Waals surface area contributed by atoms with E-state index in [0.717, 1.165) is 29.5 Å². The van der Waals surface area contributed by atoms with Crippen LogP contribution in [-0.2, 0) is 46.2 Å². The molecule has 27 heteroatoms. The van der Waals surface area contributed by atoms with E-state index in [2.05, 4.69) is 15.0 Å². The van der Waals surface area contributed by atoms with Crippen molar-refractivity contribution in [1.82, 2.24) is 35.2 Å². The summed E-state index contributed by atoms with van der Waals surface area (Å²) in [6, 6.07) is 0.904. The minimum Gasteiger partial charge on any atom is -0.756 e. The van der Waals surface area contributed by atoms with Gasteiger partial charge in [0.25, 0.3) is 13.4 Å². The third-order valence-corrected chi connectivity index (χ3v) is 11.6. The molecule has 51 heavy (non-hydrogen) atoms. The molecule has 3 saturated heterocycles. The van der Waals surface area contributed by atoms with Crippen LogP contribution in [0.5, 0.6) is 0 Å². The number of aromatic amines is 1. The van der Waals surface area contributed by atoms with Crippen molar-refractivity contribution in [3.05, 3.63) is 45.8 Å². The summed E-state index contributed by atoms with van der Waals surface area (Å²) in [6.07, 6.45) is -14.2. The summed E-state index contributed by atoms with van der Waals surface area (Å²) in [6.45, 7) is -3.72. The molecule has 0 amide bonds. The second kappa shape index (κ2) is 15.3. The van der Waals surface area contributed by atoms with E-state index in [9.17, 15) is 28.4 Å². The first-order valence-corrected chi connectivity index (χ1v) is 19.1. The van der Waals surface area contributed by atoms with Gasteiger partial charge >= 0.3 is 18.6 Å². The van der Waals surface area contributed by atoms with Gasteiger partial charge in [-0.3, -0.25) is 32.5 Å². The molecule has 282 valence electrons. The SMILES string of the molecule is CC(C)OC(=O)OCSP1(=O)OC[C@H]2O[C@@H](n3cnc4c(N)ncnc43)[C@H](F)[C@@H]2OP(=O)([O-])OC[C@H]2O[C@@H](n3ccc(=O)[nH]c3=O)[C@H](O1)[C@@H]2F.[NH4+]. The first-order chi connectivity index (χ1) is 23.6. The average Bonchev–Trinajstić information content (AvgIpc) is 3.69. The Morgan fingerprint density at radius 2 is 1.80 bits per heavy atom. The number of halogens is 2. The van der Waals surface area contributed by atoms with Crippen LogP contribution in [0.15, 0.2) is 34.5 Å². The molecule has 6 rings (SSSR count). The van der Waals surface area contributed by atoms with Gasteiger partial charge in [-0.1, -0.05) is 0 Å². The molecule has 0 aromatic carbocycles. The quantitative estimate of drug-likeness (QED) is 0.181. The number of quaternary nitrogens is 1. The summed E-state index contributed by atoms with van der Waals surface area (Å²) in [4.78, 5) is 63.1. The van der Waals surface area contributed by atoms with Gasteiger partial charge < -0.3 is 44.8 Å². The summed E-state index contributed by atoms with van der Waals surface area (Å²) in [7, 11) is -5.50. The predicted octanol–water partition coefficient (Wildman–Crippen LogP) is 1.45. The second-order valence-electron chi connectivity index (χ2n) is 11.1. The molecule has 0 saturated carbocycles. The van der Waals surface area contributed by atoms with Crippen molar-refractivity contribution in [3.8, 4) is 0 Å². The number of hydrogen-bond donors (Lipinski definition) is 3. The van der Waals surface area contributed by atoms with Crippen LogP contribution >= 0.6 is 26.0 Å². The fraction of sp³-hybridized carbons (Fsp3) is 0.583. The highest BCUT2D eigenvalue weighted by Crippen LogP contribution is 2.64. The maximum Gasteiger partial charge on any atom is 0.509 e. The zero-order valence-electron chi connectivity index (χ0n) is 26.7. The fourth-order valence-electron chi connectivity index (χ4n) is 5.15. The van der Waals surface area contributed by atoms with Gasteiger partial charge in [0.05, 0.1) is 25.6 Å². The summed E-state index contributed by atoms with van der Waals surface area (Å²) in [5.41, 5.74) is 4.02. The third-order valence-electron chi connectivity index (χ3n) is 7.33. The molecular weight excluding hydrogens is 756 g/mol. The standard InChI is InChI=1S/C24H29F2N7O14P2S.H3N/c1-10(2)43-24(36)40-9-50-49(39)42-6-12-17(15(26)21(45-12)33-8-30-16-19(27)28-7-29-20(16)33)46-48(37,38)41-5-11-14(25)18(47-49)22(44-11)32-4-3-13(34)31-23(32)35;/h3-4,7-8,10-12,14-15,17-18,21-22H,5-6,9H2,1-2H3,(H,37,38)(H2,27,28,29)(H,31,34,35);1H3/t11-,12-,14-,15-,17-,18-,21-,22-,49?;/m1./s1. The molecule has 22 nitrogen and oxygen atoms in total. The Labute approximate surface area is 288 Å². The van der Waals surface area contributed by atoms with Gasteiger partial charge in [-0.25, -0.2) is 37.9 Å². The summed E-state index contributed by atoms with van der Waals surface area (Å²) in [5.74, 6) is -0.789. The summed E-state index contributed by atoms with van der Waals surface area (Å²) in [5, 5.41) is 0. The number of alkyl halides is 2. The molecule has 3 aromatic heterocycles. The first-order valence-electron chi connectivity index (χ1n) is 14.5. The van der Waals surface area contributed by atoms with Crippen LogP contribution in [0, 0.1) is 0 Å². The number of carbonyl (C=O) groups excluding carboxylic acids is 1. The Morgan fingerprint density at radius 3 is 2.53 bits per heavy atom. The van der Waals surface area contributed by atoms with E-state index in [1.807, 2.05) is 4.98 Å². The van der Waals surface area contributed by atoms with E-state index < -0.39 is 106 Å². The number of phosphoric ester groups is 1. The minimum atomic E-state index is -5.50. The molecule has 10 atom stereocenters. The largest absolute Gasteiger partial charge is 0.756 e. The van der Waals surface area contributed by atoms with Crippen LogP contribution < -0.4 is 28.0 Å². The van der Waals surface area contributed by atoms with Crippen molar-refractivity contribution in [1.29, 1.82) is 0 Å². The molecule has 6 heterocycles.